The molecule has 2 aromatic rings. The number of ether oxygens (including phenoxy) is 1. The van der Waals surface area contributed by atoms with Crippen molar-refractivity contribution in [1.29, 1.82) is 0 Å². The maximum Gasteiger partial charge on any atom is 0.311 e. The minimum atomic E-state index is -3.67. The standard InChI is InChI=1S/C17H22N4O5S2/c1-11-14(28(23,24)18-10-12-5-4-8-25-12)9-13(27-11)15-19-20-16(26-15)17(22)21-6-2-3-7-21/h9,12,18H,2-8,10H2,1H3/t12-/m0/s1. The number of aryl methyl sites for hydroxylation is 1. The lowest BCUT2D eigenvalue weighted by Crippen LogP contribution is -2.31. The van der Waals surface area contributed by atoms with Gasteiger partial charge in [0.25, 0.3) is 5.89 Å². The van der Waals surface area contributed by atoms with E-state index in [2.05, 4.69) is 14.9 Å². The number of nitrogens with zero attached hydrogens (tertiary/aromatic N) is 3. The van der Waals surface area contributed by atoms with Crippen molar-refractivity contribution in [2.24, 2.45) is 0 Å². The topological polar surface area (TPSA) is 115 Å². The number of amides is 1. The molecule has 2 aliphatic heterocycles. The van der Waals surface area contributed by atoms with Gasteiger partial charge >= 0.3 is 11.8 Å². The highest BCUT2D eigenvalue weighted by molar-refractivity contribution is 7.89. The summed E-state index contributed by atoms with van der Waals surface area (Å²) in [4.78, 5) is 15.3. The predicted octanol–water partition coefficient (Wildman–Crippen LogP) is 1.80. The molecular weight excluding hydrogens is 404 g/mol. The molecule has 0 aliphatic carbocycles. The fraction of sp³-hybridized carbons (Fsp3) is 0.588. The molecule has 2 fully saturated rings. The Bertz CT molecular complexity index is 956. The fourth-order valence-corrected chi connectivity index (χ4v) is 5.96. The van der Waals surface area contributed by atoms with Gasteiger partial charge in [0.15, 0.2) is 0 Å². The van der Waals surface area contributed by atoms with Crippen molar-refractivity contribution >= 4 is 27.3 Å². The van der Waals surface area contributed by atoms with E-state index in [9.17, 15) is 13.2 Å². The van der Waals surface area contributed by atoms with Gasteiger partial charge < -0.3 is 14.1 Å². The molecule has 11 heteroatoms. The Morgan fingerprint density at radius 3 is 2.82 bits per heavy atom. The van der Waals surface area contributed by atoms with Gasteiger partial charge in [0.05, 0.1) is 15.9 Å². The molecular formula is C17H22N4O5S2. The first-order valence-corrected chi connectivity index (χ1v) is 11.6. The second-order valence-electron chi connectivity index (χ2n) is 6.93. The van der Waals surface area contributed by atoms with Crippen LogP contribution in [0.25, 0.3) is 10.8 Å². The zero-order chi connectivity index (χ0) is 19.7. The average molecular weight is 427 g/mol. The Hall–Kier alpha value is -1.82. The van der Waals surface area contributed by atoms with Gasteiger partial charge in [0.1, 0.15) is 0 Å². The second-order valence-corrected chi connectivity index (χ2v) is 9.92. The first kappa shape index (κ1) is 19.5. The highest BCUT2D eigenvalue weighted by atomic mass is 32.2. The van der Waals surface area contributed by atoms with E-state index in [1.165, 1.54) is 17.4 Å². The lowest BCUT2D eigenvalue weighted by molar-refractivity contribution is 0.0754. The van der Waals surface area contributed by atoms with Gasteiger partial charge in [-0.05, 0) is 38.7 Å². The molecule has 0 spiro atoms. The molecule has 0 radical (unpaired) electrons. The van der Waals surface area contributed by atoms with Crippen molar-refractivity contribution in [1.82, 2.24) is 19.8 Å². The smallest absolute Gasteiger partial charge is 0.311 e. The summed E-state index contributed by atoms with van der Waals surface area (Å²) in [5.41, 5.74) is 0. The van der Waals surface area contributed by atoms with E-state index in [0.29, 0.717) is 29.5 Å². The number of carbonyl (C=O) groups is 1. The van der Waals surface area contributed by atoms with Gasteiger partial charge in [-0.3, -0.25) is 4.79 Å². The quantitative estimate of drug-likeness (QED) is 0.749. The van der Waals surface area contributed by atoms with Crippen LogP contribution >= 0.6 is 11.3 Å². The molecule has 0 aromatic carbocycles. The molecule has 4 rings (SSSR count). The summed E-state index contributed by atoms with van der Waals surface area (Å²) in [6.07, 6.45) is 3.66. The molecule has 0 saturated carbocycles. The molecule has 9 nitrogen and oxygen atoms in total. The summed E-state index contributed by atoms with van der Waals surface area (Å²) >= 11 is 1.24. The molecule has 1 N–H and O–H groups in total. The highest BCUT2D eigenvalue weighted by Gasteiger charge is 2.27. The molecule has 4 heterocycles. The van der Waals surface area contributed by atoms with E-state index in [4.69, 9.17) is 9.15 Å². The number of likely N-dealkylation sites (tertiary alicyclic amines) is 1. The number of carbonyl (C=O) groups excluding carboxylic acids is 1. The molecule has 1 atom stereocenters. The molecule has 0 bridgehead atoms. The second kappa shape index (κ2) is 7.90. The third-order valence-electron chi connectivity index (χ3n) is 4.90. The van der Waals surface area contributed by atoms with Crippen LogP contribution in [0.5, 0.6) is 0 Å². The number of nitrogens with one attached hydrogen (secondary N) is 1. The van der Waals surface area contributed by atoms with Crippen molar-refractivity contribution < 1.29 is 22.4 Å². The maximum absolute atomic E-state index is 12.7. The molecule has 28 heavy (non-hydrogen) atoms. The van der Waals surface area contributed by atoms with E-state index in [0.717, 1.165) is 25.7 Å². The van der Waals surface area contributed by atoms with Crippen LogP contribution in [-0.2, 0) is 14.8 Å². The molecule has 0 unspecified atom stereocenters. The van der Waals surface area contributed by atoms with Crippen LogP contribution in [0.3, 0.4) is 0 Å². The van der Waals surface area contributed by atoms with Crippen LogP contribution in [0.15, 0.2) is 15.4 Å². The number of sulfonamides is 1. The number of thiophene rings is 1. The average Bonchev–Trinajstić information content (AvgIpc) is 3.47. The monoisotopic (exact) mass is 426 g/mol. The van der Waals surface area contributed by atoms with Crippen molar-refractivity contribution in [2.75, 3.05) is 26.2 Å². The third-order valence-corrected chi connectivity index (χ3v) is 7.62. The van der Waals surface area contributed by atoms with Gasteiger partial charge in [0.2, 0.25) is 10.0 Å². The van der Waals surface area contributed by atoms with Crippen molar-refractivity contribution in [3.05, 3.63) is 16.8 Å². The van der Waals surface area contributed by atoms with E-state index >= 15 is 0 Å². The Labute approximate surface area is 167 Å². The molecule has 2 saturated heterocycles. The van der Waals surface area contributed by atoms with E-state index in [1.807, 2.05) is 0 Å². The first-order valence-electron chi connectivity index (χ1n) is 9.29. The predicted molar refractivity (Wildman–Crippen MR) is 102 cm³/mol. The van der Waals surface area contributed by atoms with Crippen molar-refractivity contribution in [2.45, 2.75) is 43.6 Å². The first-order chi connectivity index (χ1) is 13.4. The molecule has 152 valence electrons. The number of hydrogen-bond donors (Lipinski definition) is 1. The Balaban J connectivity index is 1.50. The van der Waals surface area contributed by atoms with E-state index in [-0.39, 0.29) is 35.2 Å². The molecule has 2 aliphatic rings. The Morgan fingerprint density at radius 2 is 2.11 bits per heavy atom. The van der Waals surface area contributed by atoms with Crippen LogP contribution in [-0.4, -0.2) is 61.8 Å². The number of aromatic nitrogens is 2. The Kier molecular flexibility index (Phi) is 5.50. The lowest BCUT2D eigenvalue weighted by atomic mass is 10.2. The lowest BCUT2D eigenvalue weighted by Gasteiger charge is -2.11. The zero-order valence-electron chi connectivity index (χ0n) is 15.5. The van der Waals surface area contributed by atoms with Gasteiger partial charge in [-0.15, -0.1) is 21.5 Å². The normalized spacial score (nSPS) is 20.2. The minimum Gasteiger partial charge on any atom is -0.411 e. The van der Waals surface area contributed by atoms with Crippen LogP contribution in [0.1, 0.15) is 41.2 Å². The summed E-state index contributed by atoms with van der Waals surface area (Å²) in [5, 5.41) is 7.78. The SMILES string of the molecule is Cc1sc(-c2nnc(C(=O)N3CCCC3)o2)cc1S(=O)(=O)NC[C@@H]1CCCO1. The van der Waals surface area contributed by atoms with Gasteiger partial charge in [-0.25, -0.2) is 13.1 Å². The summed E-state index contributed by atoms with van der Waals surface area (Å²) in [6, 6.07) is 1.51. The summed E-state index contributed by atoms with van der Waals surface area (Å²) < 4.78 is 38.9. The van der Waals surface area contributed by atoms with Gasteiger partial charge in [0, 0.05) is 31.1 Å². The zero-order valence-corrected chi connectivity index (χ0v) is 17.1. The third kappa shape index (κ3) is 3.97. The maximum atomic E-state index is 12.7. The minimum absolute atomic E-state index is 0.0659. The van der Waals surface area contributed by atoms with Crippen LogP contribution in [0.2, 0.25) is 0 Å². The number of hydrogen-bond acceptors (Lipinski definition) is 8. The number of rotatable bonds is 6. The van der Waals surface area contributed by atoms with Gasteiger partial charge in [-0.1, -0.05) is 0 Å². The van der Waals surface area contributed by atoms with E-state index < -0.39 is 10.0 Å². The summed E-state index contributed by atoms with van der Waals surface area (Å²) in [7, 11) is -3.67. The van der Waals surface area contributed by atoms with Crippen LogP contribution in [0, 0.1) is 6.92 Å². The van der Waals surface area contributed by atoms with Crippen LogP contribution in [0.4, 0.5) is 0 Å². The summed E-state index contributed by atoms with van der Waals surface area (Å²) in [5.74, 6) is -0.198. The summed E-state index contributed by atoms with van der Waals surface area (Å²) in [6.45, 7) is 4.02. The fourth-order valence-electron chi connectivity index (χ4n) is 3.39. The van der Waals surface area contributed by atoms with Crippen molar-refractivity contribution in [3.8, 4) is 10.8 Å². The highest BCUT2D eigenvalue weighted by Crippen LogP contribution is 2.33. The Morgan fingerprint density at radius 1 is 1.32 bits per heavy atom. The van der Waals surface area contributed by atoms with Crippen LogP contribution < -0.4 is 4.72 Å². The van der Waals surface area contributed by atoms with Gasteiger partial charge in [-0.2, -0.15) is 0 Å². The molecule has 2 aromatic heterocycles. The van der Waals surface area contributed by atoms with E-state index in [1.54, 1.807) is 11.8 Å². The molecule has 1 amide bonds. The van der Waals surface area contributed by atoms with Crippen molar-refractivity contribution in [3.63, 3.8) is 0 Å². The largest absolute Gasteiger partial charge is 0.411 e.